The number of piperidine rings is 1. The van der Waals surface area contributed by atoms with Gasteiger partial charge >= 0.3 is 5.69 Å². The topological polar surface area (TPSA) is 111 Å². The van der Waals surface area contributed by atoms with Gasteiger partial charge in [-0.2, -0.15) is 0 Å². The van der Waals surface area contributed by atoms with Gasteiger partial charge in [0.15, 0.2) is 0 Å². The minimum Gasteiger partial charge on any atom is -0.379 e. The third-order valence-corrected chi connectivity index (χ3v) is 6.38. The summed E-state index contributed by atoms with van der Waals surface area (Å²) in [5.41, 5.74) is 7.20. The van der Waals surface area contributed by atoms with Gasteiger partial charge in [-0.25, -0.2) is 9.97 Å². The molecule has 9 heteroatoms. The lowest BCUT2D eigenvalue weighted by molar-refractivity contribution is -0.383. The zero-order chi connectivity index (χ0) is 22.3. The van der Waals surface area contributed by atoms with Crippen molar-refractivity contribution in [1.82, 2.24) is 14.9 Å². The van der Waals surface area contributed by atoms with Gasteiger partial charge in [0.2, 0.25) is 11.6 Å². The Morgan fingerprint density at radius 3 is 2.50 bits per heavy atom. The highest BCUT2D eigenvalue weighted by atomic mass is 16.6. The Bertz CT molecular complexity index is 896. The van der Waals surface area contributed by atoms with Crippen molar-refractivity contribution >= 4 is 17.3 Å². The molecule has 4 rings (SSSR count). The predicted octanol–water partition coefficient (Wildman–Crippen LogP) is 2.69. The second-order valence-electron chi connectivity index (χ2n) is 8.63. The number of aryl methyl sites for hydroxylation is 1. The van der Waals surface area contributed by atoms with Crippen molar-refractivity contribution in [2.75, 3.05) is 56.6 Å². The van der Waals surface area contributed by atoms with Crippen LogP contribution in [0.1, 0.15) is 30.7 Å². The van der Waals surface area contributed by atoms with Crippen molar-refractivity contribution in [3.05, 3.63) is 51.8 Å². The van der Waals surface area contributed by atoms with Crippen LogP contribution >= 0.6 is 0 Å². The van der Waals surface area contributed by atoms with Gasteiger partial charge in [-0.3, -0.25) is 15.0 Å². The highest BCUT2D eigenvalue weighted by Crippen LogP contribution is 2.34. The molecule has 0 aliphatic carbocycles. The Morgan fingerprint density at radius 2 is 1.81 bits per heavy atom. The first kappa shape index (κ1) is 22.4. The average Bonchev–Trinajstić information content (AvgIpc) is 2.80. The molecule has 2 aliphatic heterocycles. The normalized spacial score (nSPS) is 18.1. The van der Waals surface area contributed by atoms with Crippen molar-refractivity contribution in [1.29, 1.82) is 0 Å². The number of nitrogens with zero attached hydrogens (tertiary/aromatic N) is 5. The molecule has 1 aromatic heterocycles. The molecular formula is C23H32N6O3. The SMILES string of the molecule is Nc1nc(CCCN2CCOCC2)nc(N2CCC(Cc3ccccc3)CC2)c1[N+](=O)[O-]. The van der Waals surface area contributed by atoms with Crippen LogP contribution in [0.4, 0.5) is 17.3 Å². The number of benzene rings is 1. The zero-order valence-corrected chi connectivity index (χ0v) is 18.5. The van der Waals surface area contributed by atoms with Crippen LogP contribution in [0.25, 0.3) is 0 Å². The van der Waals surface area contributed by atoms with E-state index in [2.05, 4.69) is 39.1 Å². The molecular weight excluding hydrogens is 408 g/mol. The molecule has 172 valence electrons. The summed E-state index contributed by atoms with van der Waals surface area (Å²) in [7, 11) is 0. The first-order valence-corrected chi connectivity index (χ1v) is 11.5. The molecule has 2 aromatic rings. The van der Waals surface area contributed by atoms with Crippen LogP contribution in [0.2, 0.25) is 0 Å². The molecule has 0 saturated carbocycles. The molecule has 32 heavy (non-hydrogen) atoms. The van der Waals surface area contributed by atoms with Crippen molar-refractivity contribution in [2.45, 2.75) is 32.1 Å². The van der Waals surface area contributed by atoms with Crippen LogP contribution in [-0.4, -0.2) is 65.7 Å². The van der Waals surface area contributed by atoms with E-state index in [-0.39, 0.29) is 11.5 Å². The minimum atomic E-state index is -0.446. The predicted molar refractivity (Wildman–Crippen MR) is 124 cm³/mol. The fourth-order valence-electron chi connectivity index (χ4n) is 4.60. The van der Waals surface area contributed by atoms with Gasteiger partial charge in [0.25, 0.3) is 0 Å². The van der Waals surface area contributed by atoms with Crippen molar-refractivity contribution in [2.24, 2.45) is 5.92 Å². The fraction of sp³-hybridized carbons (Fsp3) is 0.565. The summed E-state index contributed by atoms with van der Waals surface area (Å²) in [4.78, 5) is 24.5. The Kier molecular flexibility index (Phi) is 7.49. The van der Waals surface area contributed by atoms with Crippen molar-refractivity contribution in [3.8, 4) is 0 Å². The molecule has 2 N–H and O–H groups in total. The zero-order valence-electron chi connectivity index (χ0n) is 18.5. The lowest BCUT2D eigenvalue weighted by Gasteiger charge is -2.32. The van der Waals surface area contributed by atoms with E-state index < -0.39 is 4.92 Å². The molecule has 0 bridgehead atoms. The Labute approximate surface area is 188 Å². The smallest absolute Gasteiger partial charge is 0.353 e. The van der Waals surface area contributed by atoms with E-state index in [0.29, 0.717) is 24.0 Å². The standard InChI is InChI=1S/C23H32N6O3/c24-22-21(29(30)31)23(26-20(25-22)7-4-10-27-13-15-32-16-14-27)28-11-8-19(9-12-28)17-18-5-2-1-3-6-18/h1-3,5-6,19H,4,7-17H2,(H2,24,25,26). The van der Waals surface area contributed by atoms with Gasteiger partial charge in [-0.15, -0.1) is 0 Å². The second-order valence-corrected chi connectivity index (χ2v) is 8.63. The molecule has 0 radical (unpaired) electrons. The number of nitro groups is 1. The highest BCUT2D eigenvalue weighted by Gasteiger charge is 2.30. The molecule has 3 heterocycles. The summed E-state index contributed by atoms with van der Waals surface area (Å²) in [6.45, 7) is 5.82. The summed E-state index contributed by atoms with van der Waals surface area (Å²) in [5.74, 6) is 1.50. The maximum atomic E-state index is 11.7. The van der Waals surface area contributed by atoms with E-state index in [9.17, 15) is 10.1 Å². The lowest BCUT2D eigenvalue weighted by Crippen LogP contribution is -2.37. The third-order valence-electron chi connectivity index (χ3n) is 6.38. The van der Waals surface area contributed by atoms with Gasteiger partial charge in [-0.05, 0) is 43.7 Å². The van der Waals surface area contributed by atoms with Crippen molar-refractivity contribution in [3.63, 3.8) is 0 Å². The number of hydrogen-bond donors (Lipinski definition) is 1. The number of ether oxygens (including phenoxy) is 1. The maximum Gasteiger partial charge on any atom is 0.353 e. The van der Waals surface area contributed by atoms with Gasteiger partial charge < -0.3 is 15.4 Å². The van der Waals surface area contributed by atoms with E-state index in [0.717, 1.165) is 71.6 Å². The lowest BCUT2D eigenvalue weighted by atomic mass is 9.90. The molecule has 9 nitrogen and oxygen atoms in total. The number of hydrogen-bond acceptors (Lipinski definition) is 8. The van der Waals surface area contributed by atoms with Crippen LogP contribution in [0, 0.1) is 16.0 Å². The number of rotatable bonds is 8. The van der Waals surface area contributed by atoms with Crippen LogP contribution in [0.15, 0.2) is 30.3 Å². The Morgan fingerprint density at radius 1 is 1.09 bits per heavy atom. The second kappa shape index (κ2) is 10.7. The first-order valence-electron chi connectivity index (χ1n) is 11.5. The van der Waals surface area contributed by atoms with Crippen LogP contribution in [0.5, 0.6) is 0 Å². The van der Waals surface area contributed by atoms with E-state index >= 15 is 0 Å². The van der Waals surface area contributed by atoms with Gasteiger partial charge in [-0.1, -0.05) is 30.3 Å². The molecule has 0 atom stereocenters. The number of aromatic nitrogens is 2. The summed E-state index contributed by atoms with van der Waals surface area (Å²) < 4.78 is 5.39. The summed E-state index contributed by atoms with van der Waals surface area (Å²) >= 11 is 0. The number of nitrogens with two attached hydrogens (primary N) is 1. The minimum absolute atomic E-state index is 0.0345. The third kappa shape index (κ3) is 5.72. The molecule has 0 unspecified atom stereocenters. The van der Waals surface area contributed by atoms with Gasteiger partial charge in [0.1, 0.15) is 5.82 Å². The average molecular weight is 441 g/mol. The molecule has 0 amide bonds. The highest BCUT2D eigenvalue weighted by molar-refractivity contribution is 5.69. The fourth-order valence-corrected chi connectivity index (χ4v) is 4.60. The monoisotopic (exact) mass is 440 g/mol. The van der Waals surface area contributed by atoms with Crippen molar-refractivity contribution < 1.29 is 9.66 Å². The number of anilines is 2. The molecule has 0 spiro atoms. The number of morpholine rings is 1. The van der Waals surface area contributed by atoms with E-state index in [1.165, 1.54) is 5.56 Å². The van der Waals surface area contributed by atoms with Crippen LogP contribution in [-0.2, 0) is 17.6 Å². The Balaban J connectivity index is 1.40. The van der Waals surface area contributed by atoms with Gasteiger partial charge in [0, 0.05) is 32.6 Å². The van der Waals surface area contributed by atoms with Crippen LogP contribution in [0.3, 0.4) is 0 Å². The summed E-state index contributed by atoms with van der Waals surface area (Å²) in [6, 6.07) is 10.5. The molecule has 1 aromatic carbocycles. The van der Waals surface area contributed by atoms with E-state index in [1.54, 1.807) is 0 Å². The van der Waals surface area contributed by atoms with E-state index in [1.807, 2.05) is 11.0 Å². The number of nitrogen functional groups attached to an aromatic ring is 1. The van der Waals surface area contributed by atoms with Crippen LogP contribution < -0.4 is 10.6 Å². The summed E-state index contributed by atoms with van der Waals surface area (Å²) in [6.07, 6.45) is 4.52. The van der Waals surface area contributed by atoms with E-state index in [4.69, 9.17) is 10.5 Å². The quantitative estimate of drug-likeness (QED) is 0.493. The summed E-state index contributed by atoms with van der Waals surface area (Å²) in [5, 5.41) is 11.7. The first-order chi connectivity index (χ1) is 15.6. The molecule has 2 fully saturated rings. The Hall–Kier alpha value is -2.78. The molecule has 2 aliphatic rings. The largest absolute Gasteiger partial charge is 0.379 e. The molecule has 2 saturated heterocycles. The maximum absolute atomic E-state index is 11.7. The van der Waals surface area contributed by atoms with Gasteiger partial charge in [0.05, 0.1) is 18.1 Å².